The molecule has 134 valence electrons. The van der Waals surface area contributed by atoms with Gasteiger partial charge in [0.25, 0.3) is 0 Å². The van der Waals surface area contributed by atoms with E-state index in [1.54, 1.807) is 35.2 Å². The molecule has 0 atom stereocenters. The van der Waals surface area contributed by atoms with Crippen LogP contribution in [0.4, 0.5) is 5.69 Å². The van der Waals surface area contributed by atoms with E-state index in [0.29, 0.717) is 22.2 Å². The Bertz CT molecular complexity index is 927. The molecule has 3 nitrogen and oxygen atoms in total. The van der Waals surface area contributed by atoms with Crippen LogP contribution in [0.1, 0.15) is 12.0 Å². The Morgan fingerprint density at radius 1 is 1.23 bits per heavy atom. The molecule has 2 aromatic carbocycles. The Hall–Kier alpha value is -1.53. The van der Waals surface area contributed by atoms with E-state index in [1.807, 2.05) is 42.6 Å². The average Bonchev–Trinajstić information content (AvgIpc) is 3.03. The van der Waals surface area contributed by atoms with E-state index in [1.165, 1.54) is 0 Å². The molecule has 26 heavy (non-hydrogen) atoms. The van der Waals surface area contributed by atoms with Crippen LogP contribution in [0.5, 0.6) is 0 Å². The molecule has 0 unspecified atom stereocenters. The lowest BCUT2D eigenvalue weighted by molar-refractivity contribution is -0.115. The van der Waals surface area contributed by atoms with Crippen LogP contribution in [-0.2, 0) is 4.79 Å². The second-order valence-corrected chi connectivity index (χ2v) is 8.68. The molecule has 0 saturated heterocycles. The molecule has 7 heteroatoms. The zero-order valence-electron chi connectivity index (χ0n) is 14.0. The molecule has 1 amide bonds. The number of aryl methyl sites for hydroxylation is 1. The highest BCUT2D eigenvalue weighted by atomic mass is 35.5. The van der Waals surface area contributed by atoms with Crippen LogP contribution in [0.15, 0.2) is 52.2 Å². The fourth-order valence-corrected chi connectivity index (χ4v) is 4.66. The minimum atomic E-state index is 0.000579. The zero-order chi connectivity index (χ0) is 18.5. The zero-order valence-corrected chi connectivity index (χ0v) is 17.1. The Morgan fingerprint density at radius 2 is 2.08 bits per heavy atom. The topological polar surface area (TPSA) is 42.0 Å². The van der Waals surface area contributed by atoms with Gasteiger partial charge in [0.2, 0.25) is 5.91 Å². The number of hydrogen-bond donors (Lipinski definition) is 1. The minimum Gasteiger partial charge on any atom is -0.326 e. The van der Waals surface area contributed by atoms with Crippen molar-refractivity contribution in [2.24, 2.45) is 0 Å². The lowest BCUT2D eigenvalue weighted by atomic mass is 10.2. The van der Waals surface area contributed by atoms with Crippen LogP contribution in [0, 0.1) is 6.92 Å². The average molecular weight is 423 g/mol. The van der Waals surface area contributed by atoms with Crippen molar-refractivity contribution in [1.29, 1.82) is 0 Å². The van der Waals surface area contributed by atoms with E-state index in [-0.39, 0.29) is 5.91 Å². The van der Waals surface area contributed by atoms with Gasteiger partial charge in [-0.2, -0.15) is 0 Å². The third-order valence-corrected chi connectivity index (χ3v) is 6.12. The van der Waals surface area contributed by atoms with Gasteiger partial charge in [-0.1, -0.05) is 47.1 Å². The van der Waals surface area contributed by atoms with Gasteiger partial charge in [-0.05, 0) is 42.8 Å². The summed E-state index contributed by atoms with van der Waals surface area (Å²) in [4.78, 5) is 16.6. The molecule has 0 aliphatic heterocycles. The van der Waals surface area contributed by atoms with Gasteiger partial charge in [0, 0.05) is 33.8 Å². The highest BCUT2D eigenvalue weighted by Crippen LogP contribution is 2.33. The standard InChI is InChI=1S/C19H16Cl2N2OS2/c1-12-3-2-4-14(9-12)22-18(24)7-8-25-19-23-17(11-26-19)15-6-5-13(20)10-16(15)21/h2-6,9-11H,7-8H2,1H3,(H,22,24). The number of amides is 1. The number of carbonyl (C=O) groups is 1. The van der Waals surface area contributed by atoms with E-state index >= 15 is 0 Å². The second-order valence-electron chi connectivity index (χ2n) is 5.64. The van der Waals surface area contributed by atoms with Crippen LogP contribution >= 0.6 is 46.3 Å². The summed E-state index contributed by atoms with van der Waals surface area (Å²) in [5.41, 5.74) is 3.63. The summed E-state index contributed by atoms with van der Waals surface area (Å²) in [6, 6.07) is 13.1. The summed E-state index contributed by atoms with van der Waals surface area (Å²) in [6.45, 7) is 2.00. The molecule has 0 fully saturated rings. The third kappa shape index (κ3) is 5.24. The second kappa shape index (κ2) is 8.91. The minimum absolute atomic E-state index is 0.000579. The SMILES string of the molecule is Cc1cccc(NC(=O)CCSc2nc(-c3ccc(Cl)cc3Cl)cs2)c1. The summed E-state index contributed by atoms with van der Waals surface area (Å²) in [5.74, 6) is 0.666. The molecule has 0 radical (unpaired) electrons. The predicted molar refractivity (Wildman–Crippen MR) is 113 cm³/mol. The van der Waals surface area contributed by atoms with Crippen molar-refractivity contribution in [3.05, 3.63) is 63.5 Å². The molecule has 0 spiro atoms. The van der Waals surface area contributed by atoms with Crippen LogP contribution in [0.25, 0.3) is 11.3 Å². The molecule has 3 aromatic rings. The number of aromatic nitrogens is 1. The van der Waals surface area contributed by atoms with E-state index in [2.05, 4.69) is 10.3 Å². The van der Waals surface area contributed by atoms with Gasteiger partial charge >= 0.3 is 0 Å². The molecule has 0 saturated carbocycles. The van der Waals surface area contributed by atoms with Crippen molar-refractivity contribution in [2.45, 2.75) is 17.7 Å². The molecule has 0 bridgehead atoms. The maximum atomic E-state index is 12.0. The summed E-state index contributed by atoms with van der Waals surface area (Å²) in [7, 11) is 0. The number of thioether (sulfide) groups is 1. The Kier molecular flexibility index (Phi) is 6.59. The maximum Gasteiger partial charge on any atom is 0.225 e. The molecule has 3 rings (SSSR count). The van der Waals surface area contributed by atoms with Crippen LogP contribution in [0.2, 0.25) is 10.0 Å². The molecule has 0 aliphatic carbocycles. The number of benzene rings is 2. The summed E-state index contributed by atoms with van der Waals surface area (Å²) in [5, 5.41) is 6.06. The summed E-state index contributed by atoms with van der Waals surface area (Å²) in [6.07, 6.45) is 0.426. The Balaban J connectivity index is 1.52. The van der Waals surface area contributed by atoms with Crippen molar-refractivity contribution in [2.75, 3.05) is 11.1 Å². The highest BCUT2D eigenvalue weighted by molar-refractivity contribution is 8.01. The quantitative estimate of drug-likeness (QED) is 0.458. The number of thiazole rings is 1. The van der Waals surface area contributed by atoms with Crippen LogP contribution in [-0.4, -0.2) is 16.6 Å². The molecule has 0 aliphatic rings. The van der Waals surface area contributed by atoms with Gasteiger partial charge in [-0.15, -0.1) is 11.3 Å². The summed E-state index contributed by atoms with van der Waals surface area (Å²) < 4.78 is 0.911. The summed E-state index contributed by atoms with van der Waals surface area (Å²) >= 11 is 15.3. The van der Waals surface area contributed by atoms with Crippen LogP contribution < -0.4 is 5.32 Å². The first-order valence-corrected chi connectivity index (χ1v) is 10.5. The third-order valence-electron chi connectivity index (χ3n) is 3.55. The highest BCUT2D eigenvalue weighted by Gasteiger charge is 2.10. The number of nitrogens with one attached hydrogen (secondary N) is 1. The monoisotopic (exact) mass is 422 g/mol. The first-order valence-electron chi connectivity index (χ1n) is 7.91. The van der Waals surface area contributed by atoms with Crippen molar-refractivity contribution >= 4 is 57.9 Å². The van der Waals surface area contributed by atoms with Crippen molar-refractivity contribution in [1.82, 2.24) is 4.98 Å². The number of rotatable bonds is 6. The fraction of sp³-hybridized carbons (Fsp3) is 0.158. The van der Waals surface area contributed by atoms with Crippen LogP contribution in [0.3, 0.4) is 0 Å². The van der Waals surface area contributed by atoms with Crippen molar-refractivity contribution < 1.29 is 4.79 Å². The van der Waals surface area contributed by atoms with Gasteiger partial charge in [-0.3, -0.25) is 4.79 Å². The maximum absolute atomic E-state index is 12.0. The molecule has 1 N–H and O–H groups in total. The first kappa shape index (κ1) is 19.2. The van der Waals surface area contributed by atoms with E-state index in [0.717, 1.165) is 26.8 Å². The largest absolute Gasteiger partial charge is 0.326 e. The normalized spacial score (nSPS) is 10.7. The van der Waals surface area contributed by atoms with E-state index in [4.69, 9.17) is 23.2 Å². The number of hydrogen-bond acceptors (Lipinski definition) is 4. The number of carbonyl (C=O) groups excluding carboxylic acids is 1. The van der Waals surface area contributed by atoms with E-state index < -0.39 is 0 Å². The van der Waals surface area contributed by atoms with Crippen molar-refractivity contribution in [3.63, 3.8) is 0 Å². The lowest BCUT2D eigenvalue weighted by Crippen LogP contribution is -2.12. The Labute approximate surface area is 170 Å². The van der Waals surface area contributed by atoms with Gasteiger partial charge in [0.15, 0.2) is 4.34 Å². The lowest BCUT2D eigenvalue weighted by Gasteiger charge is -2.05. The molecule has 1 heterocycles. The molecular weight excluding hydrogens is 407 g/mol. The van der Waals surface area contributed by atoms with Gasteiger partial charge < -0.3 is 5.32 Å². The van der Waals surface area contributed by atoms with Gasteiger partial charge in [0.1, 0.15) is 0 Å². The first-order chi connectivity index (χ1) is 12.5. The van der Waals surface area contributed by atoms with Gasteiger partial charge in [-0.25, -0.2) is 4.98 Å². The number of anilines is 1. The molecule has 1 aromatic heterocycles. The van der Waals surface area contributed by atoms with Crippen molar-refractivity contribution in [3.8, 4) is 11.3 Å². The number of nitrogens with zero attached hydrogens (tertiary/aromatic N) is 1. The Morgan fingerprint density at radius 3 is 2.85 bits per heavy atom. The molecular formula is C19H16Cl2N2OS2. The smallest absolute Gasteiger partial charge is 0.225 e. The van der Waals surface area contributed by atoms with E-state index in [9.17, 15) is 4.79 Å². The number of halogens is 2. The van der Waals surface area contributed by atoms with Gasteiger partial charge in [0.05, 0.1) is 10.7 Å². The fourth-order valence-electron chi connectivity index (χ4n) is 2.32. The predicted octanol–water partition coefficient (Wildman–Crippen LogP) is 6.55.